The summed E-state index contributed by atoms with van der Waals surface area (Å²) in [6.07, 6.45) is 0.575. The first kappa shape index (κ1) is 19.6. The molecule has 0 radical (unpaired) electrons. The number of primary sulfonamides is 1. The Hall–Kier alpha value is -3.16. The maximum absolute atomic E-state index is 12.2. The van der Waals surface area contributed by atoms with E-state index in [1.54, 1.807) is 36.4 Å². The van der Waals surface area contributed by atoms with E-state index in [1.807, 2.05) is 30.3 Å². The molecule has 0 heterocycles. The molecule has 0 saturated heterocycles. The van der Waals surface area contributed by atoms with Crippen molar-refractivity contribution in [1.82, 2.24) is 5.32 Å². The first-order valence-electron chi connectivity index (χ1n) is 8.65. The van der Waals surface area contributed by atoms with Crippen LogP contribution in [0.15, 0.2) is 83.8 Å². The van der Waals surface area contributed by atoms with E-state index in [9.17, 15) is 13.2 Å². The molecule has 0 aliphatic rings. The second-order valence-corrected chi connectivity index (χ2v) is 7.70. The van der Waals surface area contributed by atoms with Gasteiger partial charge in [-0.1, -0.05) is 30.3 Å². The third-order valence-corrected chi connectivity index (χ3v) is 4.98. The van der Waals surface area contributed by atoms with E-state index in [4.69, 9.17) is 9.88 Å². The highest BCUT2D eigenvalue weighted by atomic mass is 32.2. The van der Waals surface area contributed by atoms with Gasteiger partial charge in [0.05, 0.1) is 4.90 Å². The van der Waals surface area contributed by atoms with E-state index in [0.717, 1.165) is 11.3 Å². The maximum Gasteiger partial charge on any atom is 0.251 e. The van der Waals surface area contributed by atoms with Crippen LogP contribution in [0.4, 0.5) is 0 Å². The molecule has 144 valence electrons. The second kappa shape index (κ2) is 8.69. The van der Waals surface area contributed by atoms with Crippen LogP contribution in [0.25, 0.3) is 0 Å². The number of hydrogen-bond donors (Lipinski definition) is 2. The number of benzene rings is 3. The molecule has 6 nitrogen and oxygen atoms in total. The van der Waals surface area contributed by atoms with Crippen LogP contribution in [0.3, 0.4) is 0 Å². The quantitative estimate of drug-likeness (QED) is 0.641. The summed E-state index contributed by atoms with van der Waals surface area (Å²) in [5.41, 5.74) is 1.43. The molecule has 0 spiro atoms. The first-order valence-corrected chi connectivity index (χ1v) is 10.2. The lowest BCUT2D eigenvalue weighted by molar-refractivity contribution is 0.0954. The Balaban J connectivity index is 1.51. The number of hydrogen-bond acceptors (Lipinski definition) is 4. The Labute approximate surface area is 164 Å². The van der Waals surface area contributed by atoms with Crippen molar-refractivity contribution in [2.24, 2.45) is 5.14 Å². The minimum atomic E-state index is -3.69. The van der Waals surface area contributed by atoms with Gasteiger partial charge in [0.25, 0.3) is 5.91 Å². The van der Waals surface area contributed by atoms with Gasteiger partial charge in [-0.05, 0) is 60.5 Å². The van der Waals surface area contributed by atoms with Crippen LogP contribution in [0.1, 0.15) is 15.9 Å². The number of para-hydroxylation sites is 1. The normalized spacial score (nSPS) is 11.0. The summed E-state index contributed by atoms with van der Waals surface area (Å²) in [5, 5.41) is 7.91. The van der Waals surface area contributed by atoms with Gasteiger partial charge in [-0.15, -0.1) is 0 Å². The van der Waals surface area contributed by atoms with Crippen molar-refractivity contribution in [1.29, 1.82) is 0 Å². The monoisotopic (exact) mass is 396 g/mol. The number of ether oxygens (including phenoxy) is 1. The number of nitrogens with two attached hydrogens (primary N) is 1. The third kappa shape index (κ3) is 5.42. The average molecular weight is 396 g/mol. The lowest BCUT2D eigenvalue weighted by atomic mass is 10.1. The molecule has 3 N–H and O–H groups in total. The van der Waals surface area contributed by atoms with E-state index < -0.39 is 10.0 Å². The highest BCUT2D eigenvalue weighted by Gasteiger charge is 2.08. The summed E-state index contributed by atoms with van der Waals surface area (Å²) in [4.78, 5) is 12.3. The number of amides is 1. The fourth-order valence-electron chi connectivity index (χ4n) is 2.57. The summed E-state index contributed by atoms with van der Waals surface area (Å²) in [5.74, 6) is 1.19. The van der Waals surface area contributed by atoms with Gasteiger partial charge in [-0.25, -0.2) is 13.6 Å². The van der Waals surface area contributed by atoms with E-state index >= 15 is 0 Å². The van der Waals surface area contributed by atoms with Crippen molar-refractivity contribution < 1.29 is 17.9 Å². The minimum absolute atomic E-state index is 0.0677. The molecule has 0 saturated carbocycles. The highest BCUT2D eigenvalue weighted by molar-refractivity contribution is 7.89. The van der Waals surface area contributed by atoms with Gasteiger partial charge in [0.1, 0.15) is 11.5 Å². The molecule has 0 atom stereocenters. The predicted molar refractivity (Wildman–Crippen MR) is 107 cm³/mol. The second-order valence-electron chi connectivity index (χ2n) is 6.13. The zero-order chi connectivity index (χ0) is 20.0. The van der Waals surface area contributed by atoms with Crippen LogP contribution in [0, 0.1) is 0 Å². The van der Waals surface area contributed by atoms with Crippen LogP contribution < -0.4 is 15.2 Å². The van der Waals surface area contributed by atoms with Gasteiger partial charge in [0.15, 0.2) is 0 Å². The zero-order valence-corrected chi connectivity index (χ0v) is 15.9. The molecule has 0 bridgehead atoms. The van der Waals surface area contributed by atoms with Crippen LogP contribution in [0.5, 0.6) is 11.5 Å². The standard InChI is InChI=1S/C21H20N2O4S/c22-28(25,26)20-12-6-16(7-13-20)14-15-23-21(24)17-8-10-19(11-9-17)27-18-4-2-1-3-5-18/h1-13H,14-15H2,(H,23,24)(H2,22,25,26). The van der Waals surface area contributed by atoms with E-state index in [2.05, 4.69) is 5.32 Å². The Morgan fingerprint density at radius 2 is 1.46 bits per heavy atom. The van der Waals surface area contributed by atoms with Gasteiger partial charge in [0.2, 0.25) is 10.0 Å². The molecule has 3 rings (SSSR count). The topological polar surface area (TPSA) is 98.5 Å². The van der Waals surface area contributed by atoms with E-state index in [1.165, 1.54) is 12.1 Å². The first-order chi connectivity index (χ1) is 13.4. The molecule has 7 heteroatoms. The van der Waals surface area contributed by atoms with Crippen LogP contribution in [0.2, 0.25) is 0 Å². The highest BCUT2D eigenvalue weighted by Crippen LogP contribution is 2.21. The number of nitrogens with one attached hydrogen (secondary N) is 1. The number of sulfonamides is 1. The van der Waals surface area contributed by atoms with Crippen LogP contribution in [-0.2, 0) is 16.4 Å². The Morgan fingerprint density at radius 3 is 2.07 bits per heavy atom. The smallest absolute Gasteiger partial charge is 0.251 e. The molecule has 28 heavy (non-hydrogen) atoms. The SMILES string of the molecule is NS(=O)(=O)c1ccc(CCNC(=O)c2ccc(Oc3ccccc3)cc2)cc1. The van der Waals surface area contributed by atoms with Crippen LogP contribution in [-0.4, -0.2) is 20.9 Å². The van der Waals surface area contributed by atoms with Crippen molar-refractivity contribution in [3.8, 4) is 11.5 Å². The van der Waals surface area contributed by atoms with Gasteiger partial charge >= 0.3 is 0 Å². The fraction of sp³-hybridized carbons (Fsp3) is 0.0952. The van der Waals surface area contributed by atoms with Crippen molar-refractivity contribution in [3.05, 3.63) is 90.0 Å². The van der Waals surface area contributed by atoms with Gasteiger partial charge < -0.3 is 10.1 Å². The summed E-state index contributed by atoms with van der Waals surface area (Å²) in [7, 11) is -3.69. The molecular formula is C21H20N2O4S. The molecule has 0 unspecified atom stereocenters. The molecule has 3 aromatic rings. The largest absolute Gasteiger partial charge is 0.457 e. The van der Waals surface area contributed by atoms with Gasteiger partial charge in [-0.2, -0.15) is 0 Å². The lowest BCUT2D eigenvalue weighted by Crippen LogP contribution is -2.25. The summed E-state index contributed by atoms with van der Waals surface area (Å²) in [6, 6.07) is 22.6. The zero-order valence-electron chi connectivity index (χ0n) is 15.0. The molecule has 3 aromatic carbocycles. The Kier molecular flexibility index (Phi) is 6.08. The van der Waals surface area contributed by atoms with E-state index in [0.29, 0.717) is 24.3 Å². The molecule has 1 amide bonds. The Bertz CT molecular complexity index is 1030. The summed E-state index contributed by atoms with van der Waals surface area (Å²) < 4.78 is 28.2. The average Bonchev–Trinajstić information content (AvgIpc) is 2.69. The van der Waals surface area contributed by atoms with Crippen LogP contribution >= 0.6 is 0 Å². The van der Waals surface area contributed by atoms with Gasteiger partial charge in [-0.3, -0.25) is 4.79 Å². The number of rotatable bonds is 7. The van der Waals surface area contributed by atoms with Crippen molar-refractivity contribution >= 4 is 15.9 Å². The van der Waals surface area contributed by atoms with Gasteiger partial charge in [0, 0.05) is 12.1 Å². The molecular weight excluding hydrogens is 376 g/mol. The van der Waals surface area contributed by atoms with Crippen molar-refractivity contribution in [3.63, 3.8) is 0 Å². The predicted octanol–water partition coefficient (Wildman–Crippen LogP) is 3.10. The number of carbonyl (C=O) groups excluding carboxylic acids is 1. The minimum Gasteiger partial charge on any atom is -0.457 e. The molecule has 0 aliphatic heterocycles. The summed E-state index contributed by atoms with van der Waals surface area (Å²) >= 11 is 0. The van der Waals surface area contributed by atoms with Crippen molar-refractivity contribution in [2.75, 3.05) is 6.54 Å². The summed E-state index contributed by atoms with van der Waals surface area (Å²) in [6.45, 7) is 0.426. The number of carbonyl (C=O) groups is 1. The maximum atomic E-state index is 12.2. The lowest BCUT2D eigenvalue weighted by Gasteiger charge is -2.08. The third-order valence-electron chi connectivity index (χ3n) is 4.05. The van der Waals surface area contributed by atoms with E-state index in [-0.39, 0.29) is 10.8 Å². The Morgan fingerprint density at radius 1 is 0.857 bits per heavy atom. The fourth-order valence-corrected chi connectivity index (χ4v) is 3.08. The van der Waals surface area contributed by atoms with Crippen molar-refractivity contribution in [2.45, 2.75) is 11.3 Å². The molecule has 0 aromatic heterocycles. The molecule has 0 fully saturated rings. The molecule has 0 aliphatic carbocycles.